The highest BCUT2D eigenvalue weighted by atomic mass is 19.1. The van der Waals surface area contributed by atoms with Gasteiger partial charge in [0, 0.05) is 6.54 Å². The predicted octanol–water partition coefficient (Wildman–Crippen LogP) is 3.24. The lowest BCUT2D eigenvalue weighted by atomic mass is 9.89. The van der Waals surface area contributed by atoms with E-state index in [0.29, 0.717) is 24.0 Å². The van der Waals surface area contributed by atoms with E-state index in [2.05, 4.69) is 0 Å². The Balaban J connectivity index is 1.67. The third kappa shape index (κ3) is 2.46. The maximum absolute atomic E-state index is 13.7. The summed E-state index contributed by atoms with van der Waals surface area (Å²) < 4.78 is 32.9. The minimum Gasteiger partial charge on any atom is -0.487 e. The van der Waals surface area contributed by atoms with Gasteiger partial charge in [0.05, 0.1) is 6.61 Å². The first-order valence-electron chi connectivity index (χ1n) is 6.98. The van der Waals surface area contributed by atoms with Gasteiger partial charge >= 0.3 is 0 Å². The van der Waals surface area contributed by atoms with Crippen molar-refractivity contribution in [1.29, 1.82) is 0 Å². The Morgan fingerprint density at radius 1 is 1.16 bits per heavy atom. The molecule has 2 aliphatic rings. The standard InChI is InChI=1S/C15H19F2NO/c16-13-5-10(7-18)6-14(17)15(13)19-8-12-4-9-1-2-11(12)3-9/h5-6,9,11-12H,1-4,7-8,18H2. The molecule has 3 unspecified atom stereocenters. The van der Waals surface area contributed by atoms with Gasteiger partial charge in [-0.1, -0.05) is 6.42 Å². The molecule has 0 aliphatic heterocycles. The van der Waals surface area contributed by atoms with Crippen LogP contribution >= 0.6 is 0 Å². The van der Waals surface area contributed by atoms with Gasteiger partial charge in [-0.25, -0.2) is 8.78 Å². The molecule has 1 aromatic rings. The molecular formula is C15H19F2NO. The second-order valence-corrected chi connectivity index (χ2v) is 5.84. The molecule has 2 aliphatic carbocycles. The number of hydrogen-bond acceptors (Lipinski definition) is 2. The smallest absolute Gasteiger partial charge is 0.190 e. The monoisotopic (exact) mass is 267 g/mol. The van der Waals surface area contributed by atoms with Crippen LogP contribution < -0.4 is 10.5 Å². The van der Waals surface area contributed by atoms with Gasteiger partial charge in [-0.15, -0.1) is 0 Å². The van der Waals surface area contributed by atoms with Crippen molar-refractivity contribution in [3.8, 4) is 5.75 Å². The van der Waals surface area contributed by atoms with E-state index in [9.17, 15) is 8.78 Å². The van der Waals surface area contributed by atoms with E-state index in [1.165, 1.54) is 31.4 Å². The van der Waals surface area contributed by atoms with Crippen LogP contribution in [0.15, 0.2) is 12.1 Å². The summed E-state index contributed by atoms with van der Waals surface area (Å²) in [5.41, 5.74) is 5.82. The van der Waals surface area contributed by atoms with Crippen LogP contribution in [0.5, 0.6) is 5.75 Å². The van der Waals surface area contributed by atoms with E-state index in [1.807, 2.05) is 0 Å². The van der Waals surface area contributed by atoms with Crippen LogP contribution in [0.25, 0.3) is 0 Å². The number of halogens is 2. The van der Waals surface area contributed by atoms with E-state index in [1.54, 1.807) is 0 Å². The third-order valence-electron chi connectivity index (χ3n) is 4.62. The Morgan fingerprint density at radius 3 is 2.42 bits per heavy atom. The van der Waals surface area contributed by atoms with Gasteiger partial charge in [0.1, 0.15) is 0 Å². The van der Waals surface area contributed by atoms with Gasteiger partial charge in [0.15, 0.2) is 17.4 Å². The number of rotatable bonds is 4. The average Bonchev–Trinajstić information content (AvgIpc) is 2.99. The Hall–Kier alpha value is -1.16. The van der Waals surface area contributed by atoms with Crippen LogP contribution in [-0.4, -0.2) is 6.61 Å². The first-order chi connectivity index (χ1) is 9.17. The number of fused-ring (bicyclic) bond motifs is 2. The third-order valence-corrected chi connectivity index (χ3v) is 4.62. The fraction of sp³-hybridized carbons (Fsp3) is 0.600. The SMILES string of the molecule is NCc1cc(F)c(OCC2CC3CCC2C3)c(F)c1. The molecule has 3 rings (SSSR count). The predicted molar refractivity (Wildman–Crippen MR) is 68.7 cm³/mol. The quantitative estimate of drug-likeness (QED) is 0.909. The molecule has 19 heavy (non-hydrogen) atoms. The van der Waals surface area contributed by atoms with Crippen LogP contribution in [0.3, 0.4) is 0 Å². The second-order valence-electron chi connectivity index (χ2n) is 5.84. The lowest BCUT2D eigenvalue weighted by molar-refractivity contribution is 0.183. The average molecular weight is 267 g/mol. The second kappa shape index (κ2) is 5.08. The minimum atomic E-state index is -0.649. The number of benzene rings is 1. The van der Waals surface area contributed by atoms with E-state index in [0.717, 1.165) is 12.3 Å². The van der Waals surface area contributed by atoms with E-state index >= 15 is 0 Å². The van der Waals surface area contributed by atoms with Crippen LogP contribution in [0.4, 0.5) is 8.78 Å². The Kier molecular flexibility index (Phi) is 3.44. The summed E-state index contributed by atoms with van der Waals surface area (Å²) in [6.07, 6.45) is 4.98. The molecular weight excluding hydrogens is 248 g/mol. The summed E-state index contributed by atoms with van der Waals surface area (Å²) in [4.78, 5) is 0. The maximum atomic E-state index is 13.7. The molecule has 0 saturated heterocycles. The van der Waals surface area contributed by atoms with Crippen molar-refractivity contribution in [1.82, 2.24) is 0 Å². The van der Waals surface area contributed by atoms with Gasteiger partial charge < -0.3 is 10.5 Å². The van der Waals surface area contributed by atoms with E-state index < -0.39 is 11.6 Å². The molecule has 0 spiro atoms. The molecule has 2 bridgehead atoms. The first kappa shape index (κ1) is 12.9. The van der Waals surface area contributed by atoms with Crippen LogP contribution in [0.2, 0.25) is 0 Å². The summed E-state index contributed by atoms with van der Waals surface area (Å²) in [7, 11) is 0. The molecule has 104 valence electrons. The van der Waals surface area contributed by atoms with Crippen molar-refractivity contribution in [2.45, 2.75) is 32.2 Å². The maximum Gasteiger partial charge on any atom is 0.190 e. The van der Waals surface area contributed by atoms with E-state index in [-0.39, 0.29) is 12.3 Å². The number of hydrogen-bond donors (Lipinski definition) is 1. The summed E-state index contributed by atoms with van der Waals surface area (Å²) in [5.74, 6) is 0.422. The summed E-state index contributed by atoms with van der Waals surface area (Å²) in [5, 5.41) is 0. The summed E-state index contributed by atoms with van der Waals surface area (Å²) >= 11 is 0. The topological polar surface area (TPSA) is 35.2 Å². The van der Waals surface area contributed by atoms with Crippen molar-refractivity contribution < 1.29 is 13.5 Å². The highest BCUT2D eigenvalue weighted by Gasteiger charge is 2.39. The summed E-state index contributed by atoms with van der Waals surface area (Å²) in [6.45, 7) is 0.553. The minimum absolute atomic E-state index is 0.125. The van der Waals surface area contributed by atoms with Crippen LogP contribution in [0.1, 0.15) is 31.2 Å². The van der Waals surface area contributed by atoms with Gasteiger partial charge in [0.2, 0.25) is 0 Å². The highest BCUT2D eigenvalue weighted by Crippen LogP contribution is 2.48. The molecule has 2 saturated carbocycles. The van der Waals surface area contributed by atoms with Crippen molar-refractivity contribution in [2.75, 3.05) is 6.61 Å². The van der Waals surface area contributed by atoms with Gasteiger partial charge in [-0.05, 0) is 54.7 Å². The largest absolute Gasteiger partial charge is 0.487 e. The Morgan fingerprint density at radius 2 is 1.89 bits per heavy atom. The molecule has 2 nitrogen and oxygen atoms in total. The zero-order valence-electron chi connectivity index (χ0n) is 10.9. The van der Waals surface area contributed by atoms with Gasteiger partial charge in [0.25, 0.3) is 0 Å². The molecule has 3 atom stereocenters. The van der Waals surface area contributed by atoms with E-state index in [4.69, 9.17) is 10.5 Å². The molecule has 4 heteroatoms. The van der Waals surface area contributed by atoms with Crippen molar-refractivity contribution in [2.24, 2.45) is 23.5 Å². The van der Waals surface area contributed by atoms with Crippen molar-refractivity contribution in [3.05, 3.63) is 29.3 Å². The molecule has 1 aromatic carbocycles. The lowest BCUT2D eigenvalue weighted by Crippen LogP contribution is -2.19. The Bertz CT molecular complexity index is 454. The molecule has 0 amide bonds. The zero-order chi connectivity index (χ0) is 13.4. The van der Waals surface area contributed by atoms with Crippen molar-refractivity contribution in [3.63, 3.8) is 0 Å². The van der Waals surface area contributed by atoms with Crippen LogP contribution in [0, 0.1) is 29.4 Å². The fourth-order valence-corrected chi connectivity index (χ4v) is 3.64. The molecule has 0 aromatic heterocycles. The highest BCUT2D eigenvalue weighted by molar-refractivity contribution is 5.31. The van der Waals surface area contributed by atoms with Crippen LogP contribution in [-0.2, 0) is 6.54 Å². The van der Waals surface area contributed by atoms with Crippen molar-refractivity contribution >= 4 is 0 Å². The Labute approximate surface area is 111 Å². The van der Waals surface area contributed by atoms with Gasteiger partial charge in [-0.3, -0.25) is 0 Å². The number of ether oxygens (including phenoxy) is 1. The molecule has 0 radical (unpaired) electrons. The first-order valence-corrected chi connectivity index (χ1v) is 6.98. The zero-order valence-corrected chi connectivity index (χ0v) is 10.9. The molecule has 2 N–H and O–H groups in total. The summed E-state index contributed by atoms with van der Waals surface area (Å²) in [6, 6.07) is 2.50. The molecule has 2 fully saturated rings. The normalized spacial score (nSPS) is 28.9. The number of nitrogens with two attached hydrogens (primary N) is 1. The fourth-order valence-electron chi connectivity index (χ4n) is 3.64. The van der Waals surface area contributed by atoms with Gasteiger partial charge in [-0.2, -0.15) is 0 Å². The lowest BCUT2D eigenvalue weighted by Gasteiger charge is -2.22. The molecule has 0 heterocycles.